The number of hydrogen-bond donors (Lipinski definition) is 1. The maximum Gasteiger partial charge on any atom is 0.230 e. The van der Waals surface area contributed by atoms with Gasteiger partial charge in [0.15, 0.2) is 0 Å². The Kier molecular flexibility index (Phi) is 4.91. The van der Waals surface area contributed by atoms with Gasteiger partial charge in [0.2, 0.25) is 5.91 Å². The highest BCUT2D eigenvalue weighted by Gasteiger charge is 2.51. The molecule has 30 heavy (non-hydrogen) atoms. The molecule has 1 aliphatic carbocycles. The number of nitrogens with one attached hydrogen (secondary N) is 1. The molecule has 1 amide bonds. The second kappa shape index (κ2) is 7.73. The van der Waals surface area contributed by atoms with Crippen molar-refractivity contribution in [2.24, 2.45) is 0 Å². The summed E-state index contributed by atoms with van der Waals surface area (Å²) in [5, 5.41) is 7.95. The fourth-order valence-electron chi connectivity index (χ4n) is 4.34. The van der Waals surface area contributed by atoms with Gasteiger partial charge < -0.3 is 10.1 Å². The Morgan fingerprint density at radius 3 is 2.67 bits per heavy atom. The summed E-state index contributed by atoms with van der Waals surface area (Å²) < 4.78 is 7.97. The molecule has 0 saturated heterocycles. The smallest absolute Gasteiger partial charge is 0.230 e. The molecule has 2 heterocycles. The van der Waals surface area contributed by atoms with Crippen molar-refractivity contribution in [1.29, 1.82) is 0 Å². The van der Waals surface area contributed by atoms with Crippen LogP contribution in [0, 0.1) is 6.92 Å². The van der Waals surface area contributed by atoms with E-state index < -0.39 is 0 Å². The van der Waals surface area contributed by atoms with Gasteiger partial charge in [-0.25, -0.2) is 0 Å². The minimum Gasteiger partial charge on any atom is -0.370 e. The summed E-state index contributed by atoms with van der Waals surface area (Å²) in [6, 6.07) is 18.7. The average molecular weight is 402 g/mol. The lowest BCUT2D eigenvalue weighted by Crippen LogP contribution is -2.38. The fraction of sp³-hybridized carbons (Fsp3) is 0.360. The molecule has 0 radical (unpaired) electrons. The molecule has 0 spiro atoms. The lowest BCUT2D eigenvalue weighted by molar-refractivity contribution is -0.124. The van der Waals surface area contributed by atoms with Crippen LogP contribution in [0.5, 0.6) is 0 Å². The van der Waals surface area contributed by atoms with Crippen LogP contribution >= 0.6 is 0 Å². The molecule has 5 heteroatoms. The van der Waals surface area contributed by atoms with Gasteiger partial charge in [-0.1, -0.05) is 60.2 Å². The molecule has 154 valence electrons. The van der Waals surface area contributed by atoms with Gasteiger partial charge in [0, 0.05) is 12.7 Å². The number of amides is 1. The molecule has 1 N–H and O–H groups in total. The maximum atomic E-state index is 13.0. The third-order valence-electron chi connectivity index (χ3n) is 6.29. The molecule has 1 fully saturated rings. The molecule has 1 atom stereocenters. The van der Waals surface area contributed by atoms with Crippen molar-refractivity contribution in [1.82, 2.24) is 15.1 Å². The topological polar surface area (TPSA) is 56.1 Å². The van der Waals surface area contributed by atoms with Gasteiger partial charge >= 0.3 is 0 Å². The van der Waals surface area contributed by atoms with E-state index in [1.165, 1.54) is 16.7 Å². The number of ether oxygens (including phenoxy) is 1. The predicted molar refractivity (Wildman–Crippen MR) is 115 cm³/mol. The van der Waals surface area contributed by atoms with Crippen molar-refractivity contribution in [3.8, 4) is 0 Å². The van der Waals surface area contributed by atoms with E-state index in [2.05, 4.69) is 54.8 Å². The van der Waals surface area contributed by atoms with Crippen LogP contribution in [0.4, 0.5) is 0 Å². The van der Waals surface area contributed by atoms with Crippen LogP contribution in [-0.4, -0.2) is 28.8 Å². The zero-order valence-electron chi connectivity index (χ0n) is 17.3. The molecular formula is C25H27N3O2. The molecule has 1 saturated carbocycles. The van der Waals surface area contributed by atoms with Crippen molar-refractivity contribution in [2.75, 3.05) is 13.2 Å². The zero-order chi connectivity index (χ0) is 20.6. The number of nitrogens with zero attached hydrogens (tertiary/aromatic N) is 2. The number of fused-ring (bicyclic) bond motifs is 1. The highest BCUT2D eigenvalue weighted by atomic mass is 16.5. The first kappa shape index (κ1) is 19.1. The molecular weight excluding hydrogens is 374 g/mol. The maximum absolute atomic E-state index is 13.0. The second-order valence-electron chi connectivity index (χ2n) is 8.49. The van der Waals surface area contributed by atoms with Crippen molar-refractivity contribution in [2.45, 2.75) is 44.2 Å². The van der Waals surface area contributed by atoms with E-state index in [1.54, 1.807) is 0 Å². The van der Waals surface area contributed by atoms with E-state index >= 15 is 0 Å². The van der Waals surface area contributed by atoms with E-state index in [1.807, 2.05) is 22.9 Å². The van der Waals surface area contributed by atoms with Crippen molar-refractivity contribution < 1.29 is 9.53 Å². The molecule has 2 aromatic carbocycles. The van der Waals surface area contributed by atoms with Gasteiger partial charge in [0.25, 0.3) is 0 Å². The first-order valence-electron chi connectivity index (χ1n) is 10.7. The standard InChI is InChI=1S/C25H27N3O2/c1-18-7-9-21(10-8-18)25(12-13-25)24(29)26-15-22-23-20(11-14-30-22)17-28(27-23)16-19-5-3-2-4-6-19/h2-10,17,22H,11-16H2,1H3,(H,26,29)/t22-/m1/s1. The lowest BCUT2D eigenvalue weighted by Gasteiger charge is -2.24. The molecule has 5 nitrogen and oxygen atoms in total. The first-order valence-corrected chi connectivity index (χ1v) is 10.7. The number of hydrogen-bond acceptors (Lipinski definition) is 3. The first-order chi connectivity index (χ1) is 14.6. The summed E-state index contributed by atoms with van der Waals surface area (Å²) in [6.07, 6.45) is 4.61. The zero-order valence-corrected chi connectivity index (χ0v) is 17.3. The fourth-order valence-corrected chi connectivity index (χ4v) is 4.34. The molecule has 0 bridgehead atoms. The third kappa shape index (κ3) is 3.65. The predicted octanol–water partition coefficient (Wildman–Crippen LogP) is 3.70. The van der Waals surface area contributed by atoms with Gasteiger partial charge in [-0.3, -0.25) is 9.48 Å². The van der Waals surface area contributed by atoms with E-state index in [0.29, 0.717) is 13.2 Å². The molecule has 0 unspecified atom stereocenters. The highest BCUT2D eigenvalue weighted by Crippen LogP contribution is 2.48. The lowest BCUT2D eigenvalue weighted by atomic mass is 9.94. The number of aromatic nitrogens is 2. The normalized spacial score (nSPS) is 19.2. The van der Waals surface area contributed by atoms with Crippen molar-refractivity contribution in [3.05, 3.63) is 88.7 Å². The van der Waals surface area contributed by atoms with Crippen LogP contribution in [0.25, 0.3) is 0 Å². The number of carbonyl (C=O) groups excluding carboxylic acids is 1. The summed E-state index contributed by atoms with van der Waals surface area (Å²) in [5.74, 6) is 0.103. The van der Waals surface area contributed by atoms with Crippen LogP contribution in [0.1, 0.15) is 46.9 Å². The minimum absolute atomic E-state index is 0.103. The van der Waals surface area contributed by atoms with Crippen LogP contribution < -0.4 is 5.32 Å². The minimum atomic E-state index is -0.363. The van der Waals surface area contributed by atoms with Crippen LogP contribution in [0.2, 0.25) is 0 Å². The molecule has 2 aliphatic rings. The number of carbonyl (C=O) groups is 1. The van der Waals surface area contributed by atoms with E-state index in [0.717, 1.165) is 37.1 Å². The van der Waals surface area contributed by atoms with E-state index in [4.69, 9.17) is 9.84 Å². The Morgan fingerprint density at radius 2 is 1.93 bits per heavy atom. The molecule has 1 aromatic heterocycles. The SMILES string of the molecule is Cc1ccc(C2(C(=O)NC[C@H]3OCCc4cn(Cc5ccccc5)nc43)CC2)cc1. The average Bonchev–Trinajstić information content (AvgIpc) is 3.47. The van der Waals surface area contributed by atoms with Crippen molar-refractivity contribution in [3.63, 3.8) is 0 Å². The summed E-state index contributed by atoms with van der Waals surface area (Å²) in [7, 11) is 0. The van der Waals surface area contributed by atoms with Crippen molar-refractivity contribution >= 4 is 5.91 Å². The number of benzene rings is 2. The van der Waals surface area contributed by atoms with E-state index in [-0.39, 0.29) is 17.4 Å². The molecule has 1 aliphatic heterocycles. The van der Waals surface area contributed by atoms with Gasteiger partial charge in [0.05, 0.1) is 24.3 Å². The van der Waals surface area contributed by atoms with Gasteiger partial charge in [-0.15, -0.1) is 0 Å². The third-order valence-corrected chi connectivity index (χ3v) is 6.29. The Labute approximate surface area is 177 Å². The molecule has 3 aromatic rings. The number of aryl methyl sites for hydroxylation is 1. The Morgan fingerprint density at radius 1 is 1.17 bits per heavy atom. The van der Waals surface area contributed by atoms with Gasteiger partial charge in [0.1, 0.15) is 6.10 Å². The summed E-state index contributed by atoms with van der Waals surface area (Å²) >= 11 is 0. The quantitative estimate of drug-likeness (QED) is 0.685. The summed E-state index contributed by atoms with van der Waals surface area (Å²) in [4.78, 5) is 13.0. The monoisotopic (exact) mass is 401 g/mol. The van der Waals surface area contributed by atoms with Gasteiger partial charge in [-0.05, 0) is 42.9 Å². The Hall–Kier alpha value is -2.92. The summed E-state index contributed by atoms with van der Waals surface area (Å²) in [5.41, 5.74) is 5.36. The highest BCUT2D eigenvalue weighted by molar-refractivity contribution is 5.91. The van der Waals surface area contributed by atoms with Gasteiger partial charge in [-0.2, -0.15) is 5.10 Å². The van der Waals surface area contributed by atoms with Crippen LogP contribution in [0.15, 0.2) is 60.8 Å². The Bertz CT molecular complexity index is 1040. The molecule has 5 rings (SSSR count). The van der Waals surface area contributed by atoms with Crippen LogP contribution in [0.3, 0.4) is 0 Å². The summed E-state index contributed by atoms with van der Waals surface area (Å²) in [6.45, 7) is 3.93. The largest absolute Gasteiger partial charge is 0.370 e. The number of rotatable bonds is 6. The Balaban J connectivity index is 1.27. The second-order valence-corrected chi connectivity index (χ2v) is 8.49. The van der Waals surface area contributed by atoms with E-state index in [9.17, 15) is 4.79 Å². The van der Waals surface area contributed by atoms with Crippen LogP contribution in [-0.2, 0) is 27.9 Å².